The second kappa shape index (κ2) is 9.07. The van der Waals surface area contributed by atoms with Crippen molar-refractivity contribution in [3.8, 4) is 0 Å². The third kappa shape index (κ3) is 4.71. The fraction of sp³-hybridized carbons (Fsp3) is 0.333. The van der Waals surface area contributed by atoms with Crippen LogP contribution in [0, 0.1) is 5.82 Å². The third-order valence-corrected chi connectivity index (χ3v) is 6.18. The van der Waals surface area contributed by atoms with Crippen molar-refractivity contribution in [3.05, 3.63) is 70.0 Å². The highest BCUT2D eigenvalue weighted by molar-refractivity contribution is 6.07. The van der Waals surface area contributed by atoms with Gasteiger partial charge in [0, 0.05) is 30.6 Å². The maximum atomic E-state index is 14.6. The smallest absolute Gasteiger partial charge is 0.346 e. The SMILES string of the molecule is O=C1CCC(N2Cc3cc(CNC(=O)C(F)(F)c4ccc(F)cc4C(F)(F)F)ccc3C2=O)C(=O)C1. The van der Waals surface area contributed by atoms with Gasteiger partial charge < -0.3 is 10.2 Å². The molecule has 1 N–H and O–H groups in total. The molecule has 190 valence electrons. The Bertz CT molecular complexity index is 1270. The lowest BCUT2D eigenvalue weighted by atomic mass is 9.92. The predicted molar refractivity (Wildman–Crippen MR) is 111 cm³/mol. The average Bonchev–Trinajstić information content (AvgIpc) is 3.12. The van der Waals surface area contributed by atoms with Crippen LogP contribution in [0.5, 0.6) is 0 Å². The molecular formula is C24H18F6N2O4. The number of hydrogen-bond acceptors (Lipinski definition) is 4. The molecule has 2 aromatic rings. The molecule has 0 aromatic heterocycles. The number of alkyl halides is 5. The molecule has 1 atom stereocenters. The quantitative estimate of drug-likeness (QED) is 0.487. The summed E-state index contributed by atoms with van der Waals surface area (Å²) in [6.45, 7) is -0.448. The van der Waals surface area contributed by atoms with Gasteiger partial charge in [-0.1, -0.05) is 12.1 Å². The van der Waals surface area contributed by atoms with E-state index in [1.54, 1.807) is 0 Å². The topological polar surface area (TPSA) is 83.6 Å². The Morgan fingerprint density at radius 2 is 1.72 bits per heavy atom. The number of halogens is 6. The van der Waals surface area contributed by atoms with Crippen LogP contribution in [0.3, 0.4) is 0 Å². The van der Waals surface area contributed by atoms with Crippen molar-refractivity contribution in [3.63, 3.8) is 0 Å². The van der Waals surface area contributed by atoms with Crippen LogP contribution >= 0.6 is 0 Å². The minimum atomic E-state index is -5.31. The van der Waals surface area contributed by atoms with Crippen molar-refractivity contribution >= 4 is 23.4 Å². The number of hydrogen-bond donors (Lipinski definition) is 1. The first kappa shape index (κ1) is 25.4. The molecule has 6 nitrogen and oxygen atoms in total. The van der Waals surface area contributed by atoms with E-state index in [1.165, 1.54) is 23.1 Å². The third-order valence-electron chi connectivity index (χ3n) is 6.18. The van der Waals surface area contributed by atoms with Crippen molar-refractivity contribution in [2.24, 2.45) is 0 Å². The predicted octanol–water partition coefficient (Wildman–Crippen LogP) is 3.90. The Morgan fingerprint density at radius 1 is 1.00 bits per heavy atom. The maximum absolute atomic E-state index is 14.6. The molecule has 1 fully saturated rings. The van der Waals surface area contributed by atoms with E-state index in [9.17, 15) is 45.5 Å². The van der Waals surface area contributed by atoms with Gasteiger partial charge >= 0.3 is 12.1 Å². The Balaban J connectivity index is 1.48. The van der Waals surface area contributed by atoms with E-state index in [4.69, 9.17) is 0 Å². The number of ketones is 2. The number of nitrogens with one attached hydrogen (secondary N) is 1. The van der Waals surface area contributed by atoms with E-state index >= 15 is 0 Å². The monoisotopic (exact) mass is 512 g/mol. The minimum absolute atomic E-state index is 0.0429. The second-order valence-corrected chi connectivity index (χ2v) is 8.61. The molecular weight excluding hydrogens is 494 g/mol. The van der Waals surface area contributed by atoms with Crippen molar-refractivity contribution in [2.75, 3.05) is 0 Å². The molecule has 1 unspecified atom stereocenters. The number of fused-ring (bicyclic) bond motifs is 1. The van der Waals surface area contributed by atoms with Crippen LogP contribution in [0.4, 0.5) is 26.3 Å². The van der Waals surface area contributed by atoms with Crippen LogP contribution in [0.2, 0.25) is 0 Å². The number of benzene rings is 2. The highest BCUT2D eigenvalue weighted by Gasteiger charge is 2.48. The van der Waals surface area contributed by atoms with Crippen molar-refractivity contribution in [2.45, 2.75) is 50.5 Å². The van der Waals surface area contributed by atoms with E-state index in [2.05, 4.69) is 0 Å². The molecule has 12 heteroatoms. The number of nitrogens with zero attached hydrogens (tertiary/aromatic N) is 1. The van der Waals surface area contributed by atoms with Gasteiger partial charge in [0.05, 0.1) is 18.0 Å². The summed E-state index contributed by atoms with van der Waals surface area (Å²) in [6, 6.07) is 4.01. The fourth-order valence-corrected chi connectivity index (χ4v) is 4.39. The molecule has 2 amide bonds. The Kier molecular flexibility index (Phi) is 6.40. The zero-order valence-electron chi connectivity index (χ0n) is 18.4. The molecule has 1 aliphatic heterocycles. The minimum Gasteiger partial charge on any atom is -0.346 e. The lowest BCUT2D eigenvalue weighted by Crippen LogP contribution is -2.44. The lowest BCUT2D eigenvalue weighted by Gasteiger charge is -2.29. The molecule has 1 aliphatic carbocycles. The molecule has 2 aliphatic rings. The summed E-state index contributed by atoms with van der Waals surface area (Å²) in [5.74, 6) is -8.99. The van der Waals surface area contributed by atoms with Gasteiger partial charge in [-0.05, 0) is 41.8 Å². The van der Waals surface area contributed by atoms with Gasteiger partial charge in [-0.3, -0.25) is 19.2 Å². The van der Waals surface area contributed by atoms with Gasteiger partial charge in [0.25, 0.3) is 11.8 Å². The summed E-state index contributed by atoms with van der Waals surface area (Å²) in [7, 11) is 0. The first-order valence-corrected chi connectivity index (χ1v) is 10.8. The Morgan fingerprint density at radius 3 is 2.39 bits per heavy atom. The normalized spacial score (nSPS) is 18.4. The van der Waals surface area contributed by atoms with Gasteiger partial charge in [-0.15, -0.1) is 0 Å². The van der Waals surface area contributed by atoms with Gasteiger partial charge in [0.1, 0.15) is 11.6 Å². The molecule has 36 heavy (non-hydrogen) atoms. The number of Topliss-reactive ketones (excluding diaryl/α,β-unsaturated/α-hetero) is 2. The highest BCUT2D eigenvalue weighted by atomic mass is 19.4. The standard InChI is InChI=1S/C24H18F6N2O4/c25-14-2-5-17(18(8-14)24(28,29)30)23(26,27)22(36)31-10-12-1-4-16-13(7-12)11-32(21(16)35)19-6-3-15(33)9-20(19)34/h1-2,4-5,7-8,19H,3,6,9-11H2,(H,31,36). The largest absolute Gasteiger partial charge is 0.417 e. The zero-order valence-corrected chi connectivity index (χ0v) is 18.4. The number of rotatable bonds is 5. The van der Waals surface area contributed by atoms with Crippen molar-refractivity contribution in [1.82, 2.24) is 10.2 Å². The summed E-state index contributed by atoms with van der Waals surface area (Å²) in [4.78, 5) is 49.9. The molecule has 0 radical (unpaired) electrons. The van der Waals surface area contributed by atoms with Crippen LogP contribution in [0.25, 0.3) is 0 Å². The van der Waals surface area contributed by atoms with Crippen LogP contribution in [0.15, 0.2) is 36.4 Å². The van der Waals surface area contributed by atoms with Gasteiger partial charge in [-0.25, -0.2) is 4.39 Å². The fourth-order valence-electron chi connectivity index (χ4n) is 4.39. The van der Waals surface area contributed by atoms with Gasteiger partial charge in [0.15, 0.2) is 5.78 Å². The van der Waals surface area contributed by atoms with Crippen molar-refractivity contribution < 1.29 is 45.5 Å². The molecule has 0 spiro atoms. The Labute approximate surface area is 200 Å². The summed E-state index contributed by atoms with van der Waals surface area (Å²) < 4.78 is 81.9. The molecule has 1 heterocycles. The van der Waals surface area contributed by atoms with E-state index < -0.39 is 53.4 Å². The van der Waals surface area contributed by atoms with E-state index in [0.29, 0.717) is 11.6 Å². The summed E-state index contributed by atoms with van der Waals surface area (Å²) in [5.41, 5.74) is -2.60. The van der Waals surface area contributed by atoms with Crippen LogP contribution in [-0.2, 0) is 39.6 Å². The first-order chi connectivity index (χ1) is 16.8. The summed E-state index contributed by atoms with van der Waals surface area (Å²) >= 11 is 0. The zero-order chi connectivity index (χ0) is 26.4. The van der Waals surface area contributed by atoms with Crippen LogP contribution in [-0.4, -0.2) is 34.3 Å². The molecule has 2 aromatic carbocycles. The lowest BCUT2D eigenvalue weighted by molar-refractivity contribution is -0.153. The van der Waals surface area contributed by atoms with Crippen LogP contribution < -0.4 is 5.32 Å². The highest BCUT2D eigenvalue weighted by Crippen LogP contribution is 2.40. The summed E-state index contributed by atoms with van der Waals surface area (Å²) in [5, 5.41) is 1.88. The maximum Gasteiger partial charge on any atom is 0.417 e. The van der Waals surface area contributed by atoms with Crippen LogP contribution in [0.1, 0.15) is 51.9 Å². The number of amides is 2. The van der Waals surface area contributed by atoms with Gasteiger partial charge in [-0.2, -0.15) is 22.0 Å². The van der Waals surface area contributed by atoms with Gasteiger partial charge in [0.2, 0.25) is 0 Å². The van der Waals surface area contributed by atoms with E-state index in [-0.39, 0.29) is 60.6 Å². The van der Waals surface area contributed by atoms with Crippen molar-refractivity contribution in [1.29, 1.82) is 0 Å². The number of carbonyl (C=O) groups excluding carboxylic acids is 4. The summed E-state index contributed by atoms with van der Waals surface area (Å²) in [6.07, 6.45) is -5.18. The molecule has 0 bridgehead atoms. The second-order valence-electron chi connectivity index (χ2n) is 8.61. The number of carbonyl (C=O) groups is 4. The van der Waals surface area contributed by atoms with E-state index in [1.807, 2.05) is 5.32 Å². The Hall–Kier alpha value is -3.70. The van der Waals surface area contributed by atoms with E-state index in [0.717, 1.165) is 0 Å². The molecule has 4 rings (SSSR count). The molecule has 0 saturated heterocycles. The first-order valence-electron chi connectivity index (χ1n) is 10.8. The molecule has 1 saturated carbocycles. The average molecular weight is 512 g/mol.